The predicted molar refractivity (Wildman–Crippen MR) is 247 cm³/mol. The van der Waals surface area contributed by atoms with Crippen LogP contribution in [0.3, 0.4) is 0 Å². The maximum absolute atomic E-state index is 6.85. The van der Waals surface area contributed by atoms with Crippen LogP contribution >= 0.6 is 0 Å². The number of aromatic nitrogens is 1. The van der Waals surface area contributed by atoms with Gasteiger partial charge in [-0.05, 0) is 120 Å². The maximum Gasteiger partial charge on any atom is 0.227 e. The molecule has 0 aliphatic heterocycles. The molecule has 1 heterocycles. The lowest BCUT2D eigenvalue weighted by molar-refractivity contribution is 0.621. The summed E-state index contributed by atoms with van der Waals surface area (Å²) in [7, 11) is 0. The highest BCUT2D eigenvalue weighted by atomic mass is 16.3. The number of oxazole rings is 1. The summed E-state index contributed by atoms with van der Waals surface area (Å²) in [6.07, 6.45) is 0. The molecule has 10 aromatic carbocycles. The number of hydrogen-bond donors (Lipinski definition) is 0. The van der Waals surface area contributed by atoms with E-state index < -0.39 is 0 Å². The summed E-state index contributed by atoms with van der Waals surface area (Å²) in [6.45, 7) is 4.62. The van der Waals surface area contributed by atoms with Crippen molar-refractivity contribution in [2.24, 2.45) is 0 Å². The van der Waals surface area contributed by atoms with Crippen LogP contribution in [0.2, 0.25) is 0 Å². The van der Waals surface area contributed by atoms with Crippen LogP contribution in [-0.2, 0) is 5.41 Å². The Hall–Kier alpha value is -7.49. The Morgan fingerprint density at radius 2 is 1.07 bits per heavy atom. The van der Waals surface area contributed by atoms with Crippen LogP contribution in [0.4, 0.5) is 17.1 Å². The van der Waals surface area contributed by atoms with Gasteiger partial charge in [-0.1, -0.05) is 153 Å². The average Bonchev–Trinajstić information content (AvgIpc) is 3.83. The fourth-order valence-electron chi connectivity index (χ4n) is 9.73. The molecule has 0 saturated carbocycles. The Bertz CT molecular complexity index is 3460. The molecule has 0 N–H and O–H groups in total. The number of benzene rings is 10. The lowest BCUT2D eigenvalue weighted by Crippen LogP contribution is -2.14. The molecule has 0 spiro atoms. The number of para-hydroxylation sites is 1. The van der Waals surface area contributed by atoms with Gasteiger partial charge in [-0.15, -0.1) is 0 Å². The summed E-state index contributed by atoms with van der Waals surface area (Å²) in [5, 5.41) is 9.42. The summed E-state index contributed by atoms with van der Waals surface area (Å²) in [5.41, 5.74) is 13.6. The Kier molecular flexibility index (Phi) is 7.27. The van der Waals surface area contributed by atoms with Crippen molar-refractivity contribution in [1.29, 1.82) is 0 Å². The van der Waals surface area contributed by atoms with Gasteiger partial charge >= 0.3 is 0 Å². The zero-order chi connectivity index (χ0) is 39.2. The monoisotopic (exact) mass is 754 g/mol. The van der Waals surface area contributed by atoms with Gasteiger partial charge in [-0.2, -0.15) is 0 Å². The second-order valence-electron chi connectivity index (χ2n) is 16.3. The molecule has 59 heavy (non-hydrogen) atoms. The number of rotatable bonds is 5. The zero-order valence-corrected chi connectivity index (χ0v) is 32.8. The van der Waals surface area contributed by atoms with E-state index >= 15 is 0 Å². The third-order valence-electron chi connectivity index (χ3n) is 12.6. The molecular formula is C56H38N2O. The molecule has 1 aliphatic carbocycles. The minimum Gasteiger partial charge on any atom is -0.435 e. The second kappa shape index (κ2) is 12.8. The molecule has 11 aromatic rings. The fraction of sp³-hybridized carbons (Fsp3) is 0.0536. The van der Waals surface area contributed by atoms with E-state index in [1.165, 1.54) is 60.3 Å². The van der Waals surface area contributed by atoms with Gasteiger partial charge in [0, 0.05) is 38.8 Å². The molecule has 3 nitrogen and oxygen atoms in total. The molecule has 0 amide bonds. The number of anilines is 3. The van der Waals surface area contributed by atoms with Crippen molar-refractivity contribution in [2.45, 2.75) is 19.3 Å². The summed E-state index contributed by atoms with van der Waals surface area (Å²) in [6, 6.07) is 70.2. The molecule has 0 saturated heterocycles. The van der Waals surface area contributed by atoms with Gasteiger partial charge in [0.05, 0.1) is 0 Å². The van der Waals surface area contributed by atoms with Crippen molar-refractivity contribution >= 4 is 71.3 Å². The quantitative estimate of drug-likeness (QED) is 0.164. The highest BCUT2D eigenvalue weighted by molar-refractivity contribution is 6.26. The Balaban J connectivity index is 0.983. The van der Waals surface area contributed by atoms with Crippen molar-refractivity contribution < 1.29 is 4.42 Å². The minimum absolute atomic E-state index is 0.105. The topological polar surface area (TPSA) is 29.3 Å². The highest BCUT2D eigenvalue weighted by Gasteiger charge is 2.35. The average molecular weight is 755 g/mol. The van der Waals surface area contributed by atoms with Gasteiger partial charge in [0.1, 0.15) is 5.52 Å². The first-order chi connectivity index (χ1) is 29.0. The van der Waals surface area contributed by atoms with Gasteiger partial charge in [0.25, 0.3) is 0 Å². The normalized spacial score (nSPS) is 13.1. The number of nitrogens with zero attached hydrogens (tertiary/aromatic N) is 2. The molecule has 1 aliphatic rings. The van der Waals surface area contributed by atoms with E-state index in [2.05, 4.69) is 213 Å². The molecule has 0 fully saturated rings. The molecular weight excluding hydrogens is 717 g/mol. The maximum atomic E-state index is 6.85. The first kappa shape index (κ1) is 33.6. The molecule has 278 valence electrons. The van der Waals surface area contributed by atoms with Crippen molar-refractivity contribution in [3.63, 3.8) is 0 Å². The number of fused-ring (bicyclic) bond motifs is 11. The van der Waals surface area contributed by atoms with Crippen LogP contribution in [-0.4, -0.2) is 4.98 Å². The summed E-state index contributed by atoms with van der Waals surface area (Å²) >= 11 is 0. The van der Waals surface area contributed by atoms with Crippen LogP contribution in [0.15, 0.2) is 199 Å². The fourth-order valence-corrected chi connectivity index (χ4v) is 9.73. The number of hydrogen-bond acceptors (Lipinski definition) is 3. The largest absolute Gasteiger partial charge is 0.435 e. The lowest BCUT2D eigenvalue weighted by Gasteiger charge is -2.26. The molecule has 0 radical (unpaired) electrons. The third kappa shape index (κ3) is 5.18. The highest BCUT2D eigenvalue weighted by Crippen LogP contribution is 2.50. The minimum atomic E-state index is -0.105. The van der Waals surface area contributed by atoms with Crippen molar-refractivity contribution in [3.05, 3.63) is 205 Å². The smallest absolute Gasteiger partial charge is 0.227 e. The van der Waals surface area contributed by atoms with Crippen LogP contribution in [0, 0.1) is 0 Å². The van der Waals surface area contributed by atoms with Gasteiger partial charge in [-0.25, -0.2) is 4.98 Å². The van der Waals surface area contributed by atoms with E-state index in [0.29, 0.717) is 5.89 Å². The summed E-state index contributed by atoms with van der Waals surface area (Å²) in [5.74, 6) is 0.645. The Morgan fingerprint density at radius 1 is 0.424 bits per heavy atom. The van der Waals surface area contributed by atoms with Crippen LogP contribution < -0.4 is 4.90 Å². The van der Waals surface area contributed by atoms with Crippen LogP contribution in [0.5, 0.6) is 0 Å². The molecule has 3 heteroatoms. The Labute approximate surface area is 342 Å². The van der Waals surface area contributed by atoms with Gasteiger partial charge in [-0.3, -0.25) is 0 Å². The third-order valence-corrected chi connectivity index (χ3v) is 12.6. The summed E-state index contributed by atoms with van der Waals surface area (Å²) < 4.78 is 6.85. The first-order valence-corrected chi connectivity index (χ1v) is 20.4. The van der Waals surface area contributed by atoms with Crippen molar-refractivity contribution in [2.75, 3.05) is 4.90 Å². The van der Waals surface area contributed by atoms with E-state index in [4.69, 9.17) is 9.40 Å². The van der Waals surface area contributed by atoms with Gasteiger partial charge in [0.2, 0.25) is 5.89 Å². The zero-order valence-electron chi connectivity index (χ0n) is 32.8. The van der Waals surface area contributed by atoms with E-state index in [9.17, 15) is 0 Å². The first-order valence-electron chi connectivity index (χ1n) is 20.4. The molecule has 1 aromatic heterocycles. The van der Waals surface area contributed by atoms with Crippen LogP contribution in [0.1, 0.15) is 25.0 Å². The van der Waals surface area contributed by atoms with Gasteiger partial charge in [0.15, 0.2) is 5.58 Å². The summed E-state index contributed by atoms with van der Waals surface area (Å²) in [4.78, 5) is 7.46. The van der Waals surface area contributed by atoms with E-state index in [-0.39, 0.29) is 5.41 Å². The Morgan fingerprint density at radius 3 is 1.93 bits per heavy atom. The SMILES string of the molecule is CC1(C)c2ccccc2-c2ccc(-c3nc4ccc5ccc6ccc7cc(N(c8ccccc8)c8ccc(-c9cccc%10ccccc9%10)cc8)ccc7c6c5c4o3)cc21. The van der Waals surface area contributed by atoms with Crippen LogP contribution in [0.25, 0.3) is 87.9 Å². The predicted octanol–water partition coefficient (Wildman–Crippen LogP) is 15.6. The van der Waals surface area contributed by atoms with Gasteiger partial charge < -0.3 is 9.32 Å². The second-order valence-corrected chi connectivity index (χ2v) is 16.3. The standard InChI is InChI=1S/C56H38N2O/c1-56(2)49-18-9-8-16-47(49)48-30-25-40(34-50(48)56)55-57-51-32-26-38-20-19-37-21-22-39-33-43(29-31-46(39)52(37)53(38)54(51)59-55)58(41-13-4-3-5-14-41)42-27-23-36(24-28-42)45-17-10-12-35-11-6-7-15-44(35)45/h3-34H,1-2H3. The molecule has 0 atom stereocenters. The molecule has 12 rings (SSSR count). The lowest BCUT2D eigenvalue weighted by atomic mass is 9.82. The van der Waals surface area contributed by atoms with E-state index in [0.717, 1.165) is 49.9 Å². The van der Waals surface area contributed by atoms with E-state index in [1.807, 2.05) is 0 Å². The molecule has 0 unspecified atom stereocenters. The van der Waals surface area contributed by atoms with Crippen molar-refractivity contribution in [3.8, 4) is 33.7 Å². The molecule has 0 bridgehead atoms. The van der Waals surface area contributed by atoms with Crippen molar-refractivity contribution in [1.82, 2.24) is 4.98 Å². The van der Waals surface area contributed by atoms with E-state index in [1.54, 1.807) is 0 Å².